The van der Waals surface area contributed by atoms with Crippen LogP contribution in [0.2, 0.25) is 0 Å². The molecule has 0 heterocycles. The molecule has 1 atom stereocenters. The fourth-order valence-corrected chi connectivity index (χ4v) is 1.74. The summed E-state index contributed by atoms with van der Waals surface area (Å²) >= 11 is 0. The molecule has 0 saturated heterocycles. The van der Waals surface area contributed by atoms with Crippen LogP contribution in [-0.4, -0.2) is 25.2 Å². The van der Waals surface area contributed by atoms with Gasteiger partial charge in [0.2, 0.25) is 0 Å². The second-order valence-electron chi connectivity index (χ2n) is 3.90. The van der Waals surface area contributed by atoms with Gasteiger partial charge in [-0.2, -0.15) is 0 Å². The van der Waals surface area contributed by atoms with Crippen molar-refractivity contribution in [3.8, 4) is 0 Å². The summed E-state index contributed by atoms with van der Waals surface area (Å²) in [5.74, 6) is -1.98. The van der Waals surface area contributed by atoms with E-state index >= 15 is 0 Å². The largest absolute Gasteiger partial charge is 0.481 e. The summed E-state index contributed by atoms with van der Waals surface area (Å²) in [6.07, 6.45) is 0.444. The van der Waals surface area contributed by atoms with Crippen molar-refractivity contribution in [2.24, 2.45) is 0 Å². The van der Waals surface area contributed by atoms with Gasteiger partial charge in [0.1, 0.15) is 5.82 Å². The Morgan fingerprint density at radius 1 is 1.50 bits per heavy atom. The lowest BCUT2D eigenvalue weighted by atomic mass is 9.94. The van der Waals surface area contributed by atoms with Crippen molar-refractivity contribution < 1.29 is 14.3 Å². The van der Waals surface area contributed by atoms with E-state index in [0.29, 0.717) is 12.0 Å². The summed E-state index contributed by atoms with van der Waals surface area (Å²) in [5.41, 5.74) is 1.27. The molecular weight excluding hydrogens is 209 g/mol. The molecule has 1 aromatic rings. The number of hydrogen-bond donors (Lipinski definition) is 1. The monoisotopic (exact) mass is 225 g/mol. The number of carboxylic acid groups (broad SMARTS) is 1. The number of aliphatic carboxylic acids is 1. The van der Waals surface area contributed by atoms with E-state index in [2.05, 4.69) is 0 Å². The highest BCUT2D eigenvalue weighted by molar-refractivity contribution is 5.79. The number of carboxylic acids is 1. The smallest absolute Gasteiger partial charge is 0.311 e. The van der Waals surface area contributed by atoms with E-state index in [0.717, 1.165) is 5.69 Å². The van der Waals surface area contributed by atoms with Gasteiger partial charge in [-0.05, 0) is 30.2 Å². The first-order chi connectivity index (χ1) is 7.47. The molecule has 0 bridgehead atoms. The number of nitrogens with zero attached hydrogens (tertiary/aromatic N) is 1. The average Bonchev–Trinajstić information content (AvgIpc) is 2.17. The molecule has 3 nitrogen and oxygen atoms in total. The fourth-order valence-electron chi connectivity index (χ4n) is 1.74. The lowest BCUT2D eigenvalue weighted by molar-refractivity contribution is -0.138. The molecule has 16 heavy (non-hydrogen) atoms. The van der Waals surface area contributed by atoms with E-state index in [9.17, 15) is 9.18 Å². The third-order valence-electron chi connectivity index (χ3n) is 2.55. The lowest BCUT2D eigenvalue weighted by Crippen LogP contribution is -2.17. The van der Waals surface area contributed by atoms with E-state index in [1.165, 1.54) is 12.1 Å². The predicted octanol–water partition coefficient (Wildman–Crippen LogP) is 2.47. The zero-order valence-electron chi connectivity index (χ0n) is 9.70. The van der Waals surface area contributed by atoms with Crippen LogP contribution >= 0.6 is 0 Å². The molecule has 0 aliphatic carbocycles. The molecule has 1 unspecified atom stereocenters. The van der Waals surface area contributed by atoms with Gasteiger partial charge < -0.3 is 10.0 Å². The minimum atomic E-state index is -0.920. The maximum absolute atomic E-state index is 13.2. The van der Waals surface area contributed by atoms with Crippen LogP contribution in [0.4, 0.5) is 10.1 Å². The molecule has 0 aliphatic heterocycles. The molecular formula is C12H16FNO2. The zero-order valence-corrected chi connectivity index (χ0v) is 9.70. The van der Waals surface area contributed by atoms with Gasteiger partial charge in [0, 0.05) is 19.8 Å². The molecule has 0 spiro atoms. The summed E-state index contributed by atoms with van der Waals surface area (Å²) in [5, 5.41) is 9.08. The quantitative estimate of drug-likeness (QED) is 0.855. The third kappa shape index (κ3) is 2.51. The van der Waals surface area contributed by atoms with Gasteiger partial charge in [-0.15, -0.1) is 0 Å². The summed E-state index contributed by atoms with van der Waals surface area (Å²) in [6, 6.07) is 4.25. The summed E-state index contributed by atoms with van der Waals surface area (Å²) in [6.45, 7) is 1.78. The van der Waals surface area contributed by atoms with E-state index in [1.807, 2.05) is 14.1 Å². The average molecular weight is 225 g/mol. The molecule has 1 aromatic carbocycles. The van der Waals surface area contributed by atoms with Gasteiger partial charge in [-0.1, -0.05) is 6.92 Å². The highest BCUT2D eigenvalue weighted by atomic mass is 19.1. The first-order valence-electron chi connectivity index (χ1n) is 5.17. The lowest BCUT2D eigenvalue weighted by Gasteiger charge is -2.21. The maximum atomic E-state index is 13.2. The van der Waals surface area contributed by atoms with Crippen molar-refractivity contribution in [2.45, 2.75) is 19.3 Å². The standard InChI is InChI=1S/C12H16FNO2/c1-4-9(12(15)16)10-7-8(13)5-6-11(10)14(2)3/h5-7,9H,4H2,1-3H3,(H,15,16). The highest BCUT2D eigenvalue weighted by Crippen LogP contribution is 2.29. The summed E-state index contributed by atoms with van der Waals surface area (Å²) in [7, 11) is 3.62. The van der Waals surface area contributed by atoms with Gasteiger partial charge in [0.05, 0.1) is 5.92 Å². The van der Waals surface area contributed by atoms with Crippen LogP contribution in [-0.2, 0) is 4.79 Å². The first-order valence-corrected chi connectivity index (χ1v) is 5.17. The molecule has 0 aliphatic rings. The Morgan fingerprint density at radius 3 is 2.56 bits per heavy atom. The Bertz CT molecular complexity index is 391. The van der Waals surface area contributed by atoms with Crippen molar-refractivity contribution in [2.75, 3.05) is 19.0 Å². The Kier molecular flexibility index (Phi) is 3.88. The van der Waals surface area contributed by atoms with Gasteiger partial charge in [-0.25, -0.2) is 4.39 Å². The van der Waals surface area contributed by atoms with Crippen LogP contribution in [0.3, 0.4) is 0 Å². The minimum absolute atomic E-state index is 0.402. The second kappa shape index (κ2) is 4.96. The Labute approximate surface area is 94.5 Å². The third-order valence-corrected chi connectivity index (χ3v) is 2.55. The van der Waals surface area contributed by atoms with Crippen molar-refractivity contribution in [3.05, 3.63) is 29.6 Å². The van der Waals surface area contributed by atoms with Crippen molar-refractivity contribution >= 4 is 11.7 Å². The zero-order chi connectivity index (χ0) is 12.3. The van der Waals surface area contributed by atoms with E-state index in [-0.39, 0.29) is 0 Å². The predicted molar refractivity (Wildman–Crippen MR) is 61.4 cm³/mol. The molecule has 88 valence electrons. The molecule has 0 fully saturated rings. The number of anilines is 1. The van der Waals surface area contributed by atoms with Crippen LogP contribution < -0.4 is 4.90 Å². The molecule has 0 aromatic heterocycles. The molecule has 0 amide bonds. The number of benzene rings is 1. The van der Waals surface area contributed by atoms with Crippen LogP contribution in [0.1, 0.15) is 24.8 Å². The van der Waals surface area contributed by atoms with E-state index in [4.69, 9.17) is 5.11 Å². The molecule has 0 saturated carbocycles. The Balaban J connectivity index is 3.27. The molecule has 1 N–H and O–H groups in total. The van der Waals surface area contributed by atoms with E-state index in [1.54, 1.807) is 17.9 Å². The SMILES string of the molecule is CCC(C(=O)O)c1cc(F)ccc1N(C)C. The van der Waals surface area contributed by atoms with Gasteiger partial charge in [0.25, 0.3) is 0 Å². The van der Waals surface area contributed by atoms with Crippen molar-refractivity contribution in [1.29, 1.82) is 0 Å². The summed E-state index contributed by atoms with van der Waals surface area (Å²) < 4.78 is 13.2. The van der Waals surface area contributed by atoms with Crippen molar-refractivity contribution in [1.82, 2.24) is 0 Å². The molecule has 0 radical (unpaired) electrons. The molecule has 1 rings (SSSR count). The second-order valence-corrected chi connectivity index (χ2v) is 3.90. The van der Waals surface area contributed by atoms with Crippen LogP contribution in [0.15, 0.2) is 18.2 Å². The Morgan fingerprint density at radius 2 is 2.12 bits per heavy atom. The summed E-state index contributed by atoms with van der Waals surface area (Å²) in [4.78, 5) is 12.9. The number of halogens is 1. The first kappa shape index (κ1) is 12.5. The van der Waals surface area contributed by atoms with E-state index < -0.39 is 17.7 Å². The van der Waals surface area contributed by atoms with Gasteiger partial charge in [-0.3, -0.25) is 4.79 Å². The number of hydrogen-bond acceptors (Lipinski definition) is 2. The topological polar surface area (TPSA) is 40.5 Å². The fraction of sp³-hybridized carbons (Fsp3) is 0.417. The minimum Gasteiger partial charge on any atom is -0.481 e. The molecule has 4 heteroatoms. The van der Waals surface area contributed by atoms with Gasteiger partial charge in [0.15, 0.2) is 0 Å². The van der Waals surface area contributed by atoms with Crippen molar-refractivity contribution in [3.63, 3.8) is 0 Å². The van der Waals surface area contributed by atoms with Crippen LogP contribution in [0.5, 0.6) is 0 Å². The van der Waals surface area contributed by atoms with Crippen LogP contribution in [0, 0.1) is 5.82 Å². The van der Waals surface area contributed by atoms with Gasteiger partial charge >= 0.3 is 5.97 Å². The maximum Gasteiger partial charge on any atom is 0.311 e. The number of carbonyl (C=O) groups is 1. The number of rotatable bonds is 4. The normalized spacial score (nSPS) is 12.2. The van der Waals surface area contributed by atoms with Crippen LogP contribution in [0.25, 0.3) is 0 Å². The Hall–Kier alpha value is -1.58. The highest BCUT2D eigenvalue weighted by Gasteiger charge is 2.22.